The standard InChI is InChI=1S/C22H28BrNO3/c1-15-4-5-16(2)21(12-15)27-14-20(25)13-24-10-11-26-22(17(24)3)18-6-8-19(23)9-7-18/h4-9,12,17,20,22,25H,10-11,13-14H2,1-3H3. The highest BCUT2D eigenvalue weighted by Crippen LogP contribution is 2.29. The third-order valence-corrected chi connectivity index (χ3v) is 5.64. The summed E-state index contributed by atoms with van der Waals surface area (Å²) in [6, 6.07) is 14.6. The third kappa shape index (κ3) is 5.32. The first-order chi connectivity index (χ1) is 12.9. The van der Waals surface area contributed by atoms with E-state index in [1.165, 1.54) is 0 Å². The van der Waals surface area contributed by atoms with Gasteiger partial charge in [0, 0.05) is 23.6 Å². The smallest absolute Gasteiger partial charge is 0.122 e. The summed E-state index contributed by atoms with van der Waals surface area (Å²) in [6.07, 6.45) is -0.532. The molecule has 4 nitrogen and oxygen atoms in total. The second-order valence-corrected chi connectivity index (χ2v) is 8.23. The summed E-state index contributed by atoms with van der Waals surface area (Å²) in [5.41, 5.74) is 3.41. The van der Waals surface area contributed by atoms with Gasteiger partial charge in [0.25, 0.3) is 0 Å². The highest BCUT2D eigenvalue weighted by atomic mass is 79.9. The molecule has 5 heteroatoms. The Morgan fingerprint density at radius 2 is 1.96 bits per heavy atom. The number of benzene rings is 2. The van der Waals surface area contributed by atoms with E-state index < -0.39 is 6.10 Å². The molecule has 3 atom stereocenters. The van der Waals surface area contributed by atoms with Crippen molar-refractivity contribution >= 4 is 15.9 Å². The first-order valence-electron chi connectivity index (χ1n) is 9.43. The van der Waals surface area contributed by atoms with Gasteiger partial charge in [-0.25, -0.2) is 0 Å². The zero-order valence-electron chi connectivity index (χ0n) is 16.2. The molecule has 1 heterocycles. The van der Waals surface area contributed by atoms with E-state index in [0.29, 0.717) is 13.2 Å². The van der Waals surface area contributed by atoms with Gasteiger partial charge in [0.15, 0.2) is 0 Å². The highest BCUT2D eigenvalue weighted by molar-refractivity contribution is 9.10. The molecule has 2 aromatic rings. The van der Waals surface area contributed by atoms with Gasteiger partial charge in [0.05, 0.1) is 12.7 Å². The van der Waals surface area contributed by atoms with E-state index in [4.69, 9.17) is 9.47 Å². The number of nitrogens with zero attached hydrogens (tertiary/aromatic N) is 1. The van der Waals surface area contributed by atoms with Crippen LogP contribution < -0.4 is 4.74 Å². The fourth-order valence-corrected chi connectivity index (χ4v) is 3.75. The second-order valence-electron chi connectivity index (χ2n) is 7.31. The monoisotopic (exact) mass is 433 g/mol. The van der Waals surface area contributed by atoms with Crippen LogP contribution in [0.15, 0.2) is 46.9 Å². The highest BCUT2D eigenvalue weighted by Gasteiger charge is 2.31. The average molecular weight is 434 g/mol. The predicted octanol–water partition coefficient (Wildman–Crippen LogP) is 4.27. The first kappa shape index (κ1) is 20.3. The third-order valence-electron chi connectivity index (χ3n) is 5.11. The molecule has 2 aromatic carbocycles. The van der Waals surface area contributed by atoms with Crippen molar-refractivity contribution in [2.45, 2.75) is 39.0 Å². The molecule has 3 unspecified atom stereocenters. The number of morpholine rings is 1. The minimum absolute atomic E-state index is 0.0129. The van der Waals surface area contributed by atoms with Crippen LogP contribution in [0, 0.1) is 13.8 Å². The quantitative estimate of drug-likeness (QED) is 0.738. The number of hydrogen-bond acceptors (Lipinski definition) is 4. The SMILES string of the molecule is Cc1ccc(C)c(OCC(O)CN2CCOC(c3ccc(Br)cc3)C2C)c1. The minimum atomic E-state index is -0.545. The summed E-state index contributed by atoms with van der Waals surface area (Å²) in [7, 11) is 0. The lowest BCUT2D eigenvalue weighted by molar-refractivity contribution is -0.0804. The largest absolute Gasteiger partial charge is 0.491 e. The Bertz CT molecular complexity index is 750. The summed E-state index contributed by atoms with van der Waals surface area (Å²) in [6.45, 7) is 8.56. The van der Waals surface area contributed by atoms with Crippen molar-refractivity contribution in [1.82, 2.24) is 4.90 Å². The number of ether oxygens (including phenoxy) is 2. The number of hydrogen-bond donors (Lipinski definition) is 1. The summed E-state index contributed by atoms with van der Waals surface area (Å²) in [5, 5.41) is 10.5. The molecule has 3 rings (SSSR count). The molecule has 0 saturated carbocycles. The lowest BCUT2D eigenvalue weighted by Gasteiger charge is -2.40. The fourth-order valence-electron chi connectivity index (χ4n) is 3.49. The maximum absolute atomic E-state index is 10.5. The van der Waals surface area contributed by atoms with E-state index in [0.717, 1.165) is 33.5 Å². The minimum Gasteiger partial charge on any atom is -0.491 e. The van der Waals surface area contributed by atoms with E-state index in [1.54, 1.807) is 0 Å². The Hall–Kier alpha value is -1.40. The molecule has 146 valence electrons. The van der Waals surface area contributed by atoms with Crippen LogP contribution in [0.2, 0.25) is 0 Å². The normalized spacial score (nSPS) is 21.8. The zero-order valence-corrected chi connectivity index (χ0v) is 17.8. The Labute approximate surface area is 170 Å². The van der Waals surface area contributed by atoms with Crippen molar-refractivity contribution in [3.05, 3.63) is 63.6 Å². The van der Waals surface area contributed by atoms with Crippen LogP contribution >= 0.6 is 15.9 Å². The van der Waals surface area contributed by atoms with Gasteiger partial charge in [-0.15, -0.1) is 0 Å². The lowest BCUT2D eigenvalue weighted by Crippen LogP contribution is -2.49. The van der Waals surface area contributed by atoms with E-state index in [1.807, 2.05) is 38.1 Å². The van der Waals surface area contributed by atoms with Gasteiger partial charge in [-0.2, -0.15) is 0 Å². The van der Waals surface area contributed by atoms with Crippen LogP contribution in [0.1, 0.15) is 29.7 Å². The molecule has 0 radical (unpaired) electrons. The number of β-amino-alcohol motifs (C(OH)–C–C–N with tert-alkyl or cyclic N) is 1. The van der Waals surface area contributed by atoms with Crippen LogP contribution in [0.25, 0.3) is 0 Å². The van der Waals surface area contributed by atoms with Gasteiger partial charge in [-0.05, 0) is 55.7 Å². The molecule has 1 fully saturated rings. The molecule has 27 heavy (non-hydrogen) atoms. The van der Waals surface area contributed by atoms with Crippen molar-refractivity contribution < 1.29 is 14.6 Å². The van der Waals surface area contributed by atoms with Crippen LogP contribution in [-0.4, -0.2) is 48.5 Å². The molecule has 0 spiro atoms. The number of aliphatic hydroxyl groups is 1. The Morgan fingerprint density at radius 1 is 1.22 bits per heavy atom. The Balaban J connectivity index is 1.57. The molecule has 0 bridgehead atoms. The molecule has 0 aromatic heterocycles. The number of halogens is 1. The topological polar surface area (TPSA) is 41.9 Å². The van der Waals surface area contributed by atoms with Crippen LogP contribution in [0.5, 0.6) is 5.75 Å². The van der Waals surface area contributed by atoms with Gasteiger partial charge >= 0.3 is 0 Å². The van der Waals surface area contributed by atoms with Gasteiger partial charge in [0.2, 0.25) is 0 Å². The Morgan fingerprint density at radius 3 is 2.70 bits per heavy atom. The molecule has 1 aliphatic rings. The van der Waals surface area contributed by atoms with Crippen molar-refractivity contribution in [2.75, 3.05) is 26.3 Å². The van der Waals surface area contributed by atoms with Gasteiger partial charge in [-0.1, -0.05) is 40.2 Å². The lowest BCUT2D eigenvalue weighted by atomic mass is 10.0. The predicted molar refractivity (Wildman–Crippen MR) is 111 cm³/mol. The summed E-state index contributed by atoms with van der Waals surface area (Å²) >= 11 is 3.48. The molecule has 1 saturated heterocycles. The van der Waals surface area contributed by atoms with Crippen molar-refractivity contribution in [1.29, 1.82) is 0 Å². The van der Waals surface area contributed by atoms with E-state index in [2.05, 4.69) is 46.0 Å². The van der Waals surface area contributed by atoms with Gasteiger partial charge < -0.3 is 14.6 Å². The molecular formula is C22H28BrNO3. The maximum atomic E-state index is 10.5. The van der Waals surface area contributed by atoms with E-state index in [-0.39, 0.29) is 18.8 Å². The summed E-state index contributed by atoms with van der Waals surface area (Å²) in [5.74, 6) is 0.844. The van der Waals surface area contributed by atoms with Crippen molar-refractivity contribution in [3.63, 3.8) is 0 Å². The van der Waals surface area contributed by atoms with E-state index >= 15 is 0 Å². The van der Waals surface area contributed by atoms with Crippen LogP contribution in [0.3, 0.4) is 0 Å². The Kier molecular flexibility index (Phi) is 6.93. The van der Waals surface area contributed by atoms with Crippen molar-refractivity contribution in [2.24, 2.45) is 0 Å². The fraction of sp³-hybridized carbons (Fsp3) is 0.455. The summed E-state index contributed by atoms with van der Waals surface area (Å²) < 4.78 is 12.9. The molecular weight excluding hydrogens is 406 g/mol. The second kappa shape index (κ2) is 9.20. The number of rotatable bonds is 6. The zero-order chi connectivity index (χ0) is 19.4. The maximum Gasteiger partial charge on any atom is 0.122 e. The van der Waals surface area contributed by atoms with Crippen molar-refractivity contribution in [3.8, 4) is 5.75 Å². The average Bonchev–Trinajstić information content (AvgIpc) is 2.65. The van der Waals surface area contributed by atoms with E-state index in [9.17, 15) is 5.11 Å². The number of aliphatic hydroxyl groups excluding tert-OH is 1. The van der Waals surface area contributed by atoms with Gasteiger partial charge in [-0.3, -0.25) is 4.90 Å². The summed E-state index contributed by atoms with van der Waals surface area (Å²) in [4.78, 5) is 2.29. The molecule has 0 amide bonds. The first-order valence-corrected chi connectivity index (χ1v) is 10.2. The van der Waals surface area contributed by atoms with Crippen LogP contribution in [-0.2, 0) is 4.74 Å². The van der Waals surface area contributed by atoms with Crippen LogP contribution in [0.4, 0.5) is 0 Å². The van der Waals surface area contributed by atoms with Gasteiger partial charge in [0.1, 0.15) is 18.5 Å². The molecule has 1 N–H and O–H groups in total. The number of aryl methyl sites for hydroxylation is 2. The molecule has 0 aliphatic carbocycles. The molecule has 1 aliphatic heterocycles.